The van der Waals surface area contributed by atoms with Gasteiger partial charge in [0.2, 0.25) is 33.7 Å². The van der Waals surface area contributed by atoms with Crippen molar-refractivity contribution >= 4 is 79.8 Å². The summed E-state index contributed by atoms with van der Waals surface area (Å²) in [6, 6.07) is 1.69. The van der Waals surface area contributed by atoms with E-state index in [1.54, 1.807) is 38.3 Å². The number of fused-ring (bicyclic) bond motifs is 1. The Morgan fingerprint density at radius 1 is 0.984 bits per heavy atom. The predicted octanol–water partition coefficient (Wildman–Crippen LogP) is -4.26. The number of carbonyl (C=O) groups is 3. The first kappa shape index (κ1) is 56.7. The average molecular weight is 974 g/mol. The summed E-state index contributed by atoms with van der Waals surface area (Å²) in [5.74, 6) is 0.880. The van der Waals surface area contributed by atoms with E-state index in [1.807, 2.05) is 21.1 Å². The summed E-state index contributed by atoms with van der Waals surface area (Å²) in [6.45, 7) is 13.9. The summed E-state index contributed by atoms with van der Waals surface area (Å²) in [7, 11) is 1.08. The fraction of sp³-hybridized carbons (Fsp3) is 0.632. The van der Waals surface area contributed by atoms with Crippen molar-refractivity contribution in [1.82, 2.24) is 34.6 Å². The SMILES string of the molecule is CC[NH+]1CCN(C)C(=O)C1.CN1CCCCC1=O.COc1ncc(-c2nc(N3CCOCC3)nc3c(CN4CCN(C)C(=O)C4)c(C)sc23)cc1NS(C)(=O)=O.FB(F)CCl.[F-].[K+]. The molecule has 25 heteroatoms. The Balaban J connectivity index is 0.000000444. The Morgan fingerprint density at radius 3 is 2.17 bits per heavy atom. The third kappa shape index (κ3) is 17.4. The number of thiophene rings is 1. The van der Waals surface area contributed by atoms with E-state index in [1.165, 1.54) is 18.4 Å². The number of aryl methyl sites for hydroxylation is 1. The van der Waals surface area contributed by atoms with Crippen LogP contribution >= 0.6 is 22.9 Å². The van der Waals surface area contributed by atoms with Crippen LogP contribution in [0.3, 0.4) is 0 Å². The van der Waals surface area contributed by atoms with Gasteiger partial charge in [-0.2, -0.15) is 0 Å². The maximum atomic E-state index is 12.3. The number of likely N-dealkylation sites (tertiary alicyclic amines) is 1. The van der Waals surface area contributed by atoms with Crippen molar-refractivity contribution in [2.75, 3.05) is 129 Å². The average Bonchev–Trinajstić information content (AvgIpc) is 3.55. The number of likely N-dealkylation sites (N-methyl/N-ethyl adjacent to an activating group) is 3. The number of morpholine rings is 1. The Labute approximate surface area is 420 Å². The molecule has 346 valence electrons. The van der Waals surface area contributed by atoms with Gasteiger partial charge >= 0.3 is 58.7 Å². The van der Waals surface area contributed by atoms with Crippen LogP contribution in [0.25, 0.3) is 21.5 Å². The van der Waals surface area contributed by atoms with Gasteiger partial charge in [-0.15, -0.1) is 22.9 Å². The monoisotopic (exact) mass is 973 g/mol. The van der Waals surface area contributed by atoms with E-state index in [-0.39, 0.29) is 79.5 Å². The largest absolute Gasteiger partial charge is 1.00 e. The van der Waals surface area contributed by atoms with Crippen LogP contribution < -0.4 is 75.3 Å². The molecule has 0 bridgehead atoms. The zero-order chi connectivity index (χ0) is 44.9. The molecule has 7 heterocycles. The molecule has 4 fully saturated rings. The first-order valence-electron chi connectivity index (χ1n) is 20.2. The number of halogens is 4. The zero-order valence-electron chi connectivity index (χ0n) is 37.5. The van der Waals surface area contributed by atoms with Gasteiger partial charge in [-0.3, -0.25) is 32.6 Å². The summed E-state index contributed by atoms with van der Waals surface area (Å²) >= 11 is 6.17. The molecule has 3 aromatic rings. The van der Waals surface area contributed by atoms with E-state index in [0.717, 1.165) is 72.5 Å². The quantitative estimate of drug-likeness (QED) is 0.157. The molecule has 0 saturated carbocycles. The minimum absolute atomic E-state index is 0. The predicted molar refractivity (Wildman–Crippen MR) is 235 cm³/mol. The number of sulfonamides is 1. The number of carbonyl (C=O) groups excluding carboxylic acids is 3. The van der Waals surface area contributed by atoms with E-state index < -0.39 is 23.1 Å². The molecule has 7 rings (SSSR count). The van der Waals surface area contributed by atoms with Crippen LogP contribution in [-0.2, 0) is 35.7 Å². The van der Waals surface area contributed by atoms with Crippen molar-refractivity contribution in [3.05, 3.63) is 22.7 Å². The standard InChI is InChI=1S/C24H31N7O5S2.C7H14N2O.C6H11NO.CH2BClF2.FH.K/c1-15-17(13-30-6-5-29(2)19(32)14-30)21-22(37-15)20(26-24(27-21)31-7-9-36-10-8-31)16-11-18(28-38(4,33)34)23(35-3)25-12-16;1-3-9-5-4-8(2)7(10)6-9;1-7-5-3-2-4-6(7)8;3-1-2(4)5;;/h11-12,28H,5-10,13-14H2,1-4H3;3-6H2,1-2H3;2-5H2,1H3;1H2;1H;/q;;;;;+1. The van der Waals surface area contributed by atoms with Crippen molar-refractivity contribution < 1.29 is 102 Å². The number of pyridine rings is 1. The number of alkyl halides is 1. The number of piperidine rings is 1. The zero-order valence-corrected chi connectivity index (χ0v) is 43.0. The Bertz CT molecular complexity index is 2080. The number of piperazine rings is 2. The molecule has 0 spiro atoms. The first-order valence-corrected chi connectivity index (χ1v) is 23.5. The summed E-state index contributed by atoms with van der Waals surface area (Å²) in [4.78, 5) is 60.5. The van der Waals surface area contributed by atoms with Crippen molar-refractivity contribution in [3.63, 3.8) is 0 Å². The van der Waals surface area contributed by atoms with E-state index >= 15 is 0 Å². The molecule has 3 amide bonds. The smallest absolute Gasteiger partial charge is 1.00 e. The van der Waals surface area contributed by atoms with Crippen LogP contribution in [0.1, 0.15) is 36.6 Å². The van der Waals surface area contributed by atoms with Crippen LogP contribution in [0.5, 0.6) is 5.88 Å². The molecule has 0 aliphatic carbocycles. The van der Waals surface area contributed by atoms with Crippen LogP contribution in [0.15, 0.2) is 12.3 Å². The maximum Gasteiger partial charge on any atom is 1.00 e. The van der Waals surface area contributed by atoms with Gasteiger partial charge in [-0.25, -0.2) is 23.4 Å². The number of hydrogen-bond acceptors (Lipinski definition) is 13. The molecule has 3 aromatic heterocycles. The maximum absolute atomic E-state index is 12.3. The van der Waals surface area contributed by atoms with Crippen LogP contribution in [0.2, 0.25) is 0 Å². The minimum Gasteiger partial charge on any atom is -1.00 e. The Morgan fingerprint density at radius 2 is 1.63 bits per heavy atom. The molecule has 4 aliphatic heterocycles. The second kappa shape index (κ2) is 27.3. The number of hydrogen-bond donors (Lipinski definition) is 2. The molecule has 17 nitrogen and oxygen atoms in total. The number of amides is 3. The molecule has 1 unspecified atom stereocenters. The Hall–Kier alpha value is -2.39. The molecule has 0 radical (unpaired) electrons. The van der Waals surface area contributed by atoms with Gasteiger partial charge in [0.15, 0.2) is 6.54 Å². The number of anilines is 2. The van der Waals surface area contributed by atoms with E-state index in [0.29, 0.717) is 75.6 Å². The third-order valence-electron chi connectivity index (χ3n) is 10.4. The number of rotatable bonds is 9. The normalized spacial score (nSPS) is 18.1. The van der Waals surface area contributed by atoms with Gasteiger partial charge in [-0.1, -0.05) is 0 Å². The van der Waals surface area contributed by atoms with Crippen molar-refractivity contribution in [3.8, 4) is 17.1 Å². The Kier molecular flexibility index (Phi) is 24.6. The molecule has 2 N–H and O–H groups in total. The fourth-order valence-corrected chi connectivity index (χ4v) is 8.38. The summed E-state index contributed by atoms with van der Waals surface area (Å²) < 4.78 is 59.5. The van der Waals surface area contributed by atoms with E-state index in [2.05, 4.69) is 45.0 Å². The second-order valence-corrected chi connectivity index (χ2v) is 18.4. The van der Waals surface area contributed by atoms with Gasteiger partial charge in [0.1, 0.15) is 5.69 Å². The summed E-state index contributed by atoms with van der Waals surface area (Å²) in [5, 5.41) is 0. The molecule has 4 saturated heterocycles. The molecule has 0 aromatic carbocycles. The summed E-state index contributed by atoms with van der Waals surface area (Å²) in [6.07, 6.45) is 5.74. The topological polar surface area (TPSA) is 175 Å². The third-order valence-corrected chi connectivity index (χ3v) is 12.4. The van der Waals surface area contributed by atoms with Crippen molar-refractivity contribution in [2.45, 2.75) is 39.7 Å². The summed E-state index contributed by atoms with van der Waals surface area (Å²) in [5.41, 5.74) is 3.44. The molecular formula is C38H59BClF3KN10O7S2+. The van der Waals surface area contributed by atoms with Crippen LogP contribution in [0, 0.1) is 6.92 Å². The van der Waals surface area contributed by atoms with Gasteiger partial charge in [0.05, 0.1) is 74.4 Å². The second-order valence-electron chi connectivity index (χ2n) is 15.1. The number of methoxy groups -OCH3 is 1. The number of ether oxygens (including phenoxy) is 2. The van der Waals surface area contributed by atoms with Crippen molar-refractivity contribution in [1.29, 1.82) is 0 Å². The number of nitrogens with one attached hydrogen (secondary N) is 2. The van der Waals surface area contributed by atoms with Gasteiger partial charge in [-0.05, 0) is 32.8 Å². The minimum atomic E-state index is -3.56. The fourth-order valence-electron chi connectivity index (χ4n) is 6.72. The molecule has 63 heavy (non-hydrogen) atoms. The van der Waals surface area contributed by atoms with Gasteiger partial charge in [0.25, 0.3) is 5.91 Å². The molecular weight excluding hydrogens is 915 g/mol. The van der Waals surface area contributed by atoms with Crippen LogP contribution in [0.4, 0.5) is 20.3 Å². The van der Waals surface area contributed by atoms with Crippen molar-refractivity contribution in [2.24, 2.45) is 0 Å². The first-order chi connectivity index (χ1) is 28.9. The molecule has 1 atom stereocenters. The van der Waals surface area contributed by atoms with Gasteiger partial charge in [0, 0.05) is 89.0 Å². The van der Waals surface area contributed by atoms with Crippen LogP contribution in [-0.4, -0.2) is 187 Å². The molecule has 4 aliphatic rings. The number of quaternary nitrogens is 1. The number of aromatic nitrogens is 3. The van der Waals surface area contributed by atoms with E-state index in [4.69, 9.17) is 19.4 Å². The van der Waals surface area contributed by atoms with Gasteiger partial charge < -0.3 is 38.7 Å². The van der Waals surface area contributed by atoms with E-state index in [9.17, 15) is 31.4 Å². The number of nitrogens with zero attached hydrogens (tertiary/aromatic N) is 8.